The first-order valence-corrected chi connectivity index (χ1v) is 11.9. The van der Waals surface area contributed by atoms with Crippen LogP contribution in [0, 0.1) is 18.6 Å². The van der Waals surface area contributed by atoms with Gasteiger partial charge in [0.25, 0.3) is 11.8 Å². The number of alkyl halides is 3. The van der Waals surface area contributed by atoms with Gasteiger partial charge in [0.1, 0.15) is 11.6 Å². The van der Waals surface area contributed by atoms with E-state index in [9.17, 15) is 31.5 Å². The SMILES string of the molecule is CCCOCc1cc(F)ccc1CNC(=O)c1cc(C(=O)Nc2ccc(C(F)(F)F)cc2C)c(Cl)cc1F. The van der Waals surface area contributed by atoms with E-state index < -0.39 is 40.8 Å². The summed E-state index contributed by atoms with van der Waals surface area (Å²) < 4.78 is 72.5. The van der Waals surface area contributed by atoms with Crippen LogP contribution in [0.2, 0.25) is 5.02 Å². The van der Waals surface area contributed by atoms with E-state index in [4.69, 9.17) is 16.3 Å². The van der Waals surface area contributed by atoms with Crippen LogP contribution >= 0.6 is 11.6 Å². The highest BCUT2D eigenvalue weighted by Gasteiger charge is 2.30. The fourth-order valence-electron chi connectivity index (χ4n) is 3.57. The summed E-state index contributed by atoms with van der Waals surface area (Å²) in [5, 5.41) is 4.67. The van der Waals surface area contributed by atoms with Gasteiger partial charge in [0.2, 0.25) is 0 Å². The molecule has 0 fully saturated rings. The molecule has 2 N–H and O–H groups in total. The fraction of sp³-hybridized carbons (Fsp3) is 0.259. The van der Waals surface area contributed by atoms with Gasteiger partial charge in [-0.25, -0.2) is 8.78 Å². The number of amides is 2. The number of carbonyl (C=O) groups is 2. The molecule has 0 spiro atoms. The Bertz CT molecular complexity index is 1350. The van der Waals surface area contributed by atoms with E-state index in [1.54, 1.807) is 0 Å². The van der Waals surface area contributed by atoms with Gasteiger partial charge in [-0.2, -0.15) is 13.2 Å². The number of benzene rings is 3. The molecule has 2 amide bonds. The first kappa shape index (κ1) is 29.1. The standard InChI is InChI=1S/C27H24ClF5N2O3/c1-3-8-38-14-17-10-19(29)6-4-16(17)13-34-25(36)21-11-20(22(28)12-23(21)30)26(37)35-24-7-5-18(9-15(24)2)27(31,32)33/h4-7,9-12H,3,8,13-14H2,1-2H3,(H,34,36)(H,35,37). The average molecular weight is 555 g/mol. The lowest BCUT2D eigenvalue weighted by molar-refractivity contribution is -0.137. The predicted molar refractivity (Wildman–Crippen MR) is 133 cm³/mol. The zero-order valence-electron chi connectivity index (χ0n) is 20.4. The molecule has 0 aromatic heterocycles. The summed E-state index contributed by atoms with van der Waals surface area (Å²) in [6, 6.07) is 8.51. The van der Waals surface area contributed by atoms with Crippen molar-refractivity contribution in [2.45, 2.75) is 39.6 Å². The zero-order chi connectivity index (χ0) is 28.0. The van der Waals surface area contributed by atoms with Crippen LogP contribution < -0.4 is 10.6 Å². The molecule has 0 saturated carbocycles. The van der Waals surface area contributed by atoms with Gasteiger partial charge in [-0.05, 0) is 72.5 Å². The van der Waals surface area contributed by atoms with Gasteiger partial charge in [0.15, 0.2) is 0 Å². The maximum atomic E-state index is 14.6. The van der Waals surface area contributed by atoms with Gasteiger partial charge in [-0.3, -0.25) is 9.59 Å². The quantitative estimate of drug-likeness (QED) is 0.220. The third-order valence-electron chi connectivity index (χ3n) is 5.56. The summed E-state index contributed by atoms with van der Waals surface area (Å²) in [6.07, 6.45) is -3.78. The molecule has 0 radical (unpaired) electrons. The minimum absolute atomic E-state index is 0.0712. The van der Waals surface area contributed by atoms with Crippen molar-refractivity contribution in [1.82, 2.24) is 5.32 Å². The number of halogens is 6. The molecule has 3 rings (SSSR count). The van der Waals surface area contributed by atoms with Gasteiger partial charge >= 0.3 is 6.18 Å². The van der Waals surface area contributed by atoms with Crippen molar-refractivity contribution < 1.29 is 36.3 Å². The first-order chi connectivity index (χ1) is 17.9. The Morgan fingerprint density at radius 1 is 0.947 bits per heavy atom. The lowest BCUT2D eigenvalue weighted by Gasteiger charge is -2.14. The summed E-state index contributed by atoms with van der Waals surface area (Å²) in [5.41, 5.74) is -0.315. The highest BCUT2D eigenvalue weighted by Crippen LogP contribution is 2.32. The minimum atomic E-state index is -4.55. The average Bonchev–Trinajstić information content (AvgIpc) is 2.84. The third-order valence-corrected chi connectivity index (χ3v) is 5.87. The third kappa shape index (κ3) is 7.29. The molecule has 0 aliphatic rings. The van der Waals surface area contributed by atoms with Crippen molar-refractivity contribution in [2.75, 3.05) is 11.9 Å². The second kappa shape index (κ2) is 12.4. The van der Waals surface area contributed by atoms with E-state index >= 15 is 0 Å². The molecule has 38 heavy (non-hydrogen) atoms. The van der Waals surface area contributed by atoms with E-state index in [1.807, 2.05) is 6.92 Å². The summed E-state index contributed by atoms with van der Waals surface area (Å²) in [7, 11) is 0. The molecule has 3 aromatic carbocycles. The smallest absolute Gasteiger partial charge is 0.377 e. The van der Waals surface area contributed by atoms with Crippen LogP contribution in [0.25, 0.3) is 0 Å². The van der Waals surface area contributed by atoms with Crippen molar-refractivity contribution in [1.29, 1.82) is 0 Å². The van der Waals surface area contributed by atoms with Crippen LogP contribution in [0.5, 0.6) is 0 Å². The second-order valence-electron chi connectivity index (χ2n) is 8.44. The monoisotopic (exact) mass is 554 g/mol. The molecule has 11 heteroatoms. The van der Waals surface area contributed by atoms with Crippen molar-refractivity contribution in [2.24, 2.45) is 0 Å². The molecule has 0 saturated heterocycles. The number of ether oxygens (including phenoxy) is 1. The lowest BCUT2D eigenvalue weighted by Crippen LogP contribution is -2.25. The number of nitrogens with one attached hydrogen (secondary N) is 2. The van der Waals surface area contributed by atoms with Gasteiger partial charge < -0.3 is 15.4 Å². The molecule has 0 bridgehead atoms. The molecule has 5 nitrogen and oxygen atoms in total. The molecular weight excluding hydrogens is 531 g/mol. The number of carbonyl (C=O) groups excluding carboxylic acids is 2. The molecule has 0 heterocycles. The van der Waals surface area contributed by atoms with Gasteiger partial charge in [-0.1, -0.05) is 24.6 Å². The van der Waals surface area contributed by atoms with E-state index in [0.29, 0.717) is 17.7 Å². The highest BCUT2D eigenvalue weighted by atomic mass is 35.5. The van der Waals surface area contributed by atoms with Crippen LogP contribution in [-0.2, 0) is 24.1 Å². The summed E-state index contributed by atoms with van der Waals surface area (Å²) in [4.78, 5) is 25.6. The fourth-order valence-corrected chi connectivity index (χ4v) is 3.80. The Labute approximate surface area is 220 Å². The molecular formula is C27H24ClF5N2O3. The van der Waals surface area contributed by atoms with Gasteiger partial charge in [0, 0.05) is 18.8 Å². The van der Waals surface area contributed by atoms with E-state index in [1.165, 1.54) is 25.1 Å². The van der Waals surface area contributed by atoms with Crippen LogP contribution in [0.15, 0.2) is 48.5 Å². The number of aryl methyl sites for hydroxylation is 1. The predicted octanol–water partition coefficient (Wildman–Crippen LogP) is 7.05. The summed E-state index contributed by atoms with van der Waals surface area (Å²) in [6.45, 7) is 3.83. The Morgan fingerprint density at radius 2 is 1.68 bits per heavy atom. The largest absolute Gasteiger partial charge is 0.416 e. The number of rotatable bonds is 9. The number of anilines is 1. The lowest BCUT2D eigenvalue weighted by atomic mass is 10.1. The van der Waals surface area contributed by atoms with Gasteiger partial charge in [0.05, 0.1) is 28.3 Å². The second-order valence-corrected chi connectivity index (χ2v) is 8.85. The maximum absolute atomic E-state index is 14.6. The summed E-state index contributed by atoms with van der Waals surface area (Å²) >= 11 is 6.03. The molecule has 3 aromatic rings. The summed E-state index contributed by atoms with van der Waals surface area (Å²) in [5.74, 6) is -3.16. The first-order valence-electron chi connectivity index (χ1n) is 11.5. The van der Waals surface area contributed by atoms with Crippen LogP contribution in [0.3, 0.4) is 0 Å². The van der Waals surface area contributed by atoms with E-state index in [2.05, 4.69) is 10.6 Å². The minimum Gasteiger partial charge on any atom is -0.377 e. The molecule has 0 aliphatic heterocycles. The maximum Gasteiger partial charge on any atom is 0.416 e. The van der Waals surface area contributed by atoms with Gasteiger partial charge in [-0.15, -0.1) is 0 Å². The highest BCUT2D eigenvalue weighted by molar-refractivity contribution is 6.34. The van der Waals surface area contributed by atoms with Crippen molar-refractivity contribution in [3.63, 3.8) is 0 Å². The topological polar surface area (TPSA) is 67.4 Å². The molecule has 0 atom stereocenters. The van der Waals surface area contributed by atoms with E-state index in [0.717, 1.165) is 36.8 Å². The Hall–Kier alpha value is -3.50. The van der Waals surface area contributed by atoms with Crippen LogP contribution in [0.1, 0.15) is 56.3 Å². The Balaban J connectivity index is 1.78. The molecule has 0 aliphatic carbocycles. The zero-order valence-corrected chi connectivity index (χ0v) is 21.2. The Kier molecular flexibility index (Phi) is 9.45. The van der Waals surface area contributed by atoms with E-state index in [-0.39, 0.29) is 35.0 Å². The molecule has 202 valence electrons. The number of hydrogen-bond donors (Lipinski definition) is 2. The Morgan fingerprint density at radius 3 is 2.34 bits per heavy atom. The van der Waals surface area contributed by atoms with Crippen LogP contribution in [0.4, 0.5) is 27.6 Å². The van der Waals surface area contributed by atoms with Crippen molar-refractivity contribution >= 4 is 29.1 Å². The number of hydrogen-bond acceptors (Lipinski definition) is 3. The van der Waals surface area contributed by atoms with Crippen molar-refractivity contribution in [3.05, 3.63) is 98.6 Å². The van der Waals surface area contributed by atoms with Crippen LogP contribution in [-0.4, -0.2) is 18.4 Å². The van der Waals surface area contributed by atoms with Crippen molar-refractivity contribution in [3.8, 4) is 0 Å². The molecule has 0 unspecified atom stereocenters. The normalized spacial score (nSPS) is 11.4.